The number of rotatable bonds is 2. The molecule has 13 heavy (non-hydrogen) atoms. The van der Waals surface area contributed by atoms with Gasteiger partial charge in [0.1, 0.15) is 6.29 Å². The van der Waals surface area contributed by atoms with Crippen LogP contribution in [0, 0.1) is 0 Å². The van der Waals surface area contributed by atoms with Crippen LogP contribution in [0.5, 0.6) is 0 Å². The molecule has 0 saturated carbocycles. The first-order valence-corrected chi connectivity index (χ1v) is 3.96. The van der Waals surface area contributed by atoms with Gasteiger partial charge in [0.15, 0.2) is 0 Å². The van der Waals surface area contributed by atoms with Crippen LogP contribution in [0.15, 0.2) is 36.7 Å². The van der Waals surface area contributed by atoms with Crippen molar-refractivity contribution in [1.82, 2.24) is 9.61 Å². The van der Waals surface area contributed by atoms with E-state index in [1.54, 1.807) is 16.8 Å². The molecule has 0 N–H and O–H groups in total. The van der Waals surface area contributed by atoms with Gasteiger partial charge in [0, 0.05) is 11.8 Å². The number of carbonyl (C=O) groups excluding carboxylic acids is 1. The number of nitrogens with zero attached hydrogens (tertiary/aromatic N) is 2. The lowest BCUT2D eigenvalue weighted by atomic mass is 10.2. The summed E-state index contributed by atoms with van der Waals surface area (Å²) in [4.78, 5) is 10.1. The summed E-state index contributed by atoms with van der Waals surface area (Å²) >= 11 is 0. The highest BCUT2D eigenvalue weighted by atomic mass is 16.1. The minimum Gasteiger partial charge on any atom is -0.299 e. The summed E-state index contributed by atoms with van der Waals surface area (Å²) < 4.78 is 1.77. The Labute approximate surface area is 75.3 Å². The monoisotopic (exact) mass is 172 g/mol. The van der Waals surface area contributed by atoms with Crippen molar-refractivity contribution in [2.45, 2.75) is 0 Å². The molecule has 0 aliphatic rings. The van der Waals surface area contributed by atoms with Crippen molar-refractivity contribution < 1.29 is 4.79 Å². The van der Waals surface area contributed by atoms with Crippen molar-refractivity contribution in [2.75, 3.05) is 0 Å². The third-order valence-corrected chi connectivity index (χ3v) is 1.81. The molecule has 0 bridgehead atoms. The fraction of sp³-hybridized carbons (Fsp3) is 0. The normalized spacial score (nSPS) is 11.1. The van der Waals surface area contributed by atoms with Gasteiger partial charge in [-0.05, 0) is 24.3 Å². The standard InChI is InChI=1S/C10H8N2O/c13-7-3-4-9-8-11-12-6-2-1-5-10(9)12/h1-8H/b4-3+. The van der Waals surface area contributed by atoms with Gasteiger partial charge in [0.2, 0.25) is 0 Å². The van der Waals surface area contributed by atoms with Crippen LogP contribution in [0.4, 0.5) is 0 Å². The molecule has 0 radical (unpaired) electrons. The maximum Gasteiger partial charge on any atom is 0.142 e. The lowest BCUT2D eigenvalue weighted by molar-refractivity contribution is -0.104. The summed E-state index contributed by atoms with van der Waals surface area (Å²) in [6.07, 6.45) is 7.56. The van der Waals surface area contributed by atoms with Crippen LogP contribution < -0.4 is 0 Å². The smallest absolute Gasteiger partial charge is 0.142 e. The highest BCUT2D eigenvalue weighted by Crippen LogP contribution is 2.10. The Morgan fingerprint density at radius 1 is 1.38 bits per heavy atom. The minimum absolute atomic E-state index is 0.756. The molecule has 0 spiro atoms. The van der Waals surface area contributed by atoms with E-state index in [1.165, 1.54) is 6.08 Å². The number of pyridine rings is 1. The molecule has 64 valence electrons. The zero-order chi connectivity index (χ0) is 9.10. The quantitative estimate of drug-likeness (QED) is 0.508. The molecule has 2 heterocycles. The topological polar surface area (TPSA) is 34.4 Å². The van der Waals surface area contributed by atoms with E-state index in [9.17, 15) is 4.79 Å². The maximum absolute atomic E-state index is 10.1. The number of aldehydes is 1. The Balaban J connectivity index is 2.57. The van der Waals surface area contributed by atoms with E-state index in [0.717, 1.165) is 17.4 Å². The number of aromatic nitrogens is 2. The van der Waals surface area contributed by atoms with Gasteiger partial charge in [-0.15, -0.1) is 0 Å². The number of allylic oxidation sites excluding steroid dienone is 1. The Kier molecular flexibility index (Phi) is 1.92. The van der Waals surface area contributed by atoms with Gasteiger partial charge in [-0.2, -0.15) is 5.10 Å². The molecule has 2 aromatic rings. The van der Waals surface area contributed by atoms with Crippen LogP contribution in [0.1, 0.15) is 5.56 Å². The number of fused-ring (bicyclic) bond motifs is 1. The molecule has 0 atom stereocenters. The van der Waals surface area contributed by atoms with Crippen molar-refractivity contribution in [2.24, 2.45) is 0 Å². The predicted octanol–water partition coefficient (Wildman–Crippen LogP) is 1.55. The first-order valence-electron chi connectivity index (χ1n) is 3.96. The second-order valence-electron chi connectivity index (χ2n) is 2.63. The van der Waals surface area contributed by atoms with Crippen LogP contribution in [0.3, 0.4) is 0 Å². The van der Waals surface area contributed by atoms with Crippen LogP contribution in [0.25, 0.3) is 11.6 Å². The Morgan fingerprint density at radius 3 is 3.15 bits per heavy atom. The van der Waals surface area contributed by atoms with E-state index < -0.39 is 0 Å². The van der Waals surface area contributed by atoms with E-state index in [4.69, 9.17) is 0 Å². The summed E-state index contributed by atoms with van der Waals surface area (Å²) in [7, 11) is 0. The Morgan fingerprint density at radius 2 is 2.31 bits per heavy atom. The van der Waals surface area contributed by atoms with Crippen molar-refractivity contribution in [1.29, 1.82) is 0 Å². The fourth-order valence-electron chi connectivity index (χ4n) is 1.23. The van der Waals surface area contributed by atoms with E-state index >= 15 is 0 Å². The summed E-state index contributed by atoms with van der Waals surface area (Å²) in [5.74, 6) is 0. The largest absolute Gasteiger partial charge is 0.299 e. The van der Waals surface area contributed by atoms with Gasteiger partial charge in [0.05, 0.1) is 11.7 Å². The van der Waals surface area contributed by atoms with Crippen molar-refractivity contribution in [3.63, 3.8) is 0 Å². The summed E-state index contributed by atoms with van der Waals surface area (Å²) in [5, 5.41) is 4.12. The number of hydrogen-bond acceptors (Lipinski definition) is 2. The van der Waals surface area contributed by atoms with Crippen molar-refractivity contribution in [3.8, 4) is 0 Å². The molecule has 0 amide bonds. The zero-order valence-electron chi connectivity index (χ0n) is 6.92. The molecule has 3 heteroatoms. The van der Waals surface area contributed by atoms with Gasteiger partial charge in [0.25, 0.3) is 0 Å². The van der Waals surface area contributed by atoms with Crippen LogP contribution in [-0.2, 0) is 4.79 Å². The highest BCUT2D eigenvalue weighted by molar-refractivity contribution is 5.78. The third-order valence-electron chi connectivity index (χ3n) is 1.81. The average Bonchev–Trinajstić information content (AvgIpc) is 2.58. The molecular formula is C10H8N2O. The molecule has 3 nitrogen and oxygen atoms in total. The Hall–Kier alpha value is -1.90. The Bertz CT molecular complexity index is 457. The molecule has 0 aliphatic heterocycles. The molecule has 0 aromatic carbocycles. The van der Waals surface area contributed by atoms with Gasteiger partial charge < -0.3 is 0 Å². The maximum atomic E-state index is 10.1. The molecular weight excluding hydrogens is 164 g/mol. The van der Waals surface area contributed by atoms with Crippen molar-refractivity contribution in [3.05, 3.63) is 42.2 Å². The minimum atomic E-state index is 0.756. The summed E-state index contributed by atoms with van der Waals surface area (Å²) in [5.41, 5.74) is 1.95. The van der Waals surface area contributed by atoms with E-state index in [-0.39, 0.29) is 0 Å². The SMILES string of the molecule is O=C/C=C/c1cnn2ccccc12. The van der Waals surface area contributed by atoms with E-state index in [1.807, 2.05) is 24.4 Å². The summed E-state index contributed by atoms with van der Waals surface area (Å²) in [6, 6.07) is 5.81. The lowest BCUT2D eigenvalue weighted by Gasteiger charge is -1.90. The zero-order valence-corrected chi connectivity index (χ0v) is 6.92. The van der Waals surface area contributed by atoms with E-state index in [2.05, 4.69) is 5.10 Å². The molecule has 0 unspecified atom stereocenters. The molecule has 0 aliphatic carbocycles. The first-order chi connectivity index (χ1) is 6.42. The second-order valence-corrected chi connectivity index (χ2v) is 2.63. The van der Waals surface area contributed by atoms with Crippen LogP contribution >= 0.6 is 0 Å². The molecule has 2 aromatic heterocycles. The number of carbonyl (C=O) groups is 1. The summed E-state index contributed by atoms with van der Waals surface area (Å²) in [6.45, 7) is 0. The van der Waals surface area contributed by atoms with Gasteiger partial charge in [-0.1, -0.05) is 6.07 Å². The third kappa shape index (κ3) is 1.36. The fourth-order valence-corrected chi connectivity index (χ4v) is 1.23. The predicted molar refractivity (Wildman–Crippen MR) is 50.3 cm³/mol. The molecule has 0 fully saturated rings. The average molecular weight is 172 g/mol. The molecule has 0 saturated heterocycles. The van der Waals surface area contributed by atoms with Crippen molar-refractivity contribution >= 4 is 17.9 Å². The van der Waals surface area contributed by atoms with Gasteiger partial charge in [-0.25, -0.2) is 4.52 Å². The molecule has 2 rings (SSSR count). The first kappa shape index (κ1) is 7.73. The van der Waals surface area contributed by atoms with Crippen LogP contribution in [-0.4, -0.2) is 15.9 Å². The van der Waals surface area contributed by atoms with Crippen LogP contribution in [0.2, 0.25) is 0 Å². The van der Waals surface area contributed by atoms with Gasteiger partial charge >= 0.3 is 0 Å². The highest BCUT2D eigenvalue weighted by Gasteiger charge is 1.97. The number of hydrogen-bond donors (Lipinski definition) is 0. The second kappa shape index (κ2) is 3.23. The van der Waals surface area contributed by atoms with E-state index in [0.29, 0.717) is 0 Å². The lowest BCUT2D eigenvalue weighted by Crippen LogP contribution is -1.82. The van der Waals surface area contributed by atoms with Gasteiger partial charge in [-0.3, -0.25) is 4.79 Å².